The second kappa shape index (κ2) is 7.76. The van der Waals surface area contributed by atoms with Crippen molar-refractivity contribution in [1.82, 2.24) is 5.32 Å². The van der Waals surface area contributed by atoms with Crippen LogP contribution < -0.4 is 11.1 Å². The minimum Gasteiger partial charge on any atom is -0.456 e. The van der Waals surface area contributed by atoms with E-state index in [1.807, 2.05) is 24.3 Å². The van der Waals surface area contributed by atoms with E-state index in [0.29, 0.717) is 0 Å². The van der Waals surface area contributed by atoms with Crippen molar-refractivity contribution in [3.8, 4) is 0 Å². The first-order valence-electron chi connectivity index (χ1n) is 7.41. The van der Waals surface area contributed by atoms with Gasteiger partial charge in [-0.2, -0.15) is 0 Å². The Bertz CT molecular complexity index is 573. The summed E-state index contributed by atoms with van der Waals surface area (Å²) < 4.78 is 4.58. The molecular formula is C17H24N2O4. The van der Waals surface area contributed by atoms with E-state index in [2.05, 4.69) is 30.8 Å². The van der Waals surface area contributed by atoms with Crippen molar-refractivity contribution in [2.24, 2.45) is 5.73 Å². The quantitative estimate of drug-likeness (QED) is 0.766. The molecule has 0 aliphatic carbocycles. The van der Waals surface area contributed by atoms with Crippen molar-refractivity contribution in [3.05, 3.63) is 35.4 Å². The smallest absolute Gasteiger partial charge is 0.303 e. The van der Waals surface area contributed by atoms with Crippen LogP contribution in [0.15, 0.2) is 24.3 Å². The van der Waals surface area contributed by atoms with Gasteiger partial charge in [-0.1, -0.05) is 45.0 Å². The van der Waals surface area contributed by atoms with Crippen LogP contribution in [0.3, 0.4) is 0 Å². The molecule has 6 heteroatoms. The van der Waals surface area contributed by atoms with Gasteiger partial charge >= 0.3 is 5.97 Å². The highest BCUT2D eigenvalue weighted by atomic mass is 16.5. The molecule has 2 amide bonds. The highest BCUT2D eigenvalue weighted by Crippen LogP contribution is 2.22. The fraction of sp³-hybridized carbons (Fsp3) is 0.471. The molecular weight excluding hydrogens is 296 g/mol. The highest BCUT2D eigenvalue weighted by molar-refractivity contribution is 5.88. The van der Waals surface area contributed by atoms with Gasteiger partial charge in [0.15, 0.2) is 6.61 Å². The van der Waals surface area contributed by atoms with Crippen LogP contribution in [0.1, 0.15) is 38.8 Å². The van der Waals surface area contributed by atoms with E-state index in [9.17, 15) is 14.4 Å². The summed E-state index contributed by atoms with van der Waals surface area (Å²) in [4.78, 5) is 33.8. The lowest BCUT2D eigenvalue weighted by Gasteiger charge is -2.20. The van der Waals surface area contributed by atoms with Gasteiger partial charge < -0.3 is 15.8 Å². The lowest BCUT2D eigenvalue weighted by molar-refractivity contribution is -0.146. The van der Waals surface area contributed by atoms with Crippen LogP contribution in [-0.4, -0.2) is 30.4 Å². The third-order valence-electron chi connectivity index (χ3n) is 3.34. The van der Waals surface area contributed by atoms with Gasteiger partial charge in [-0.05, 0) is 16.5 Å². The Hall–Kier alpha value is -2.37. The molecule has 1 aromatic carbocycles. The molecule has 0 aromatic heterocycles. The van der Waals surface area contributed by atoms with Crippen LogP contribution in [0, 0.1) is 0 Å². The zero-order valence-corrected chi connectivity index (χ0v) is 14.0. The number of nitrogens with one attached hydrogen (secondary N) is 1. The first-order chi connectivity index (χ1) is 10.6. The predicted octanol–water partition coefficient (Wildman–Crippen LogP) is 1.06. The molecule has 0 bridgehead atoms. The van der Waals surface area contributed by atoms with Crippen molar-refractivity contribution < 1.29 is 19.1 Å². The van der Waals surface area contributed by atoms with E-state index in [4.69, 9.17) is 5.73 Å². The van der Waals surface area contributed by atoms with Crippen molar-refractivity contribution in [3.63, 3.8) is 0 Å². The number of amides is 2. The molecule has 23 heavy (non-hydrogen) atoms. The fourth-order valence-corrected chi connectivity index (χ4v) is 2.00. The highest BCUT2D eigenvalue weighted by Gasteiger charge is 2.20. The van der Waals surface area contributed by atoms with E-state index in [1.165, 1.54) is 12.5 Å². The molecule has 0 fully saturated rings. The van der Waals surface area contributed by atoms with Crippen molar-refractivity contribution in [2.45, 2.75) is 45.6 Å². The first-order valence-corrected chi connectivity index (χ1v) is 7.41. The van der Waals surface area contributed by atoms with Crippen molar-refractivity contribution in [2.75, 3.05) is 6.61 Å². The van der Waals surface area contributed by atoms with E-state index in [1.54, 1.807) is 0 Å². The summed E-state index contributed by atoms with van der Waals surface area (Å²) in [5, 5.41) is 2.47. The molecule has 3 N–H and O–H groups in total. The Kier molecular flexibility index (Phi) is 6.30. The maximum Gasteiger partial charge on any atom is 0.303 e. The molecule has 0 saturated carbocycles. The monoisotopic (exact) mass is 320 g/mol. The van der Waals surface area contributed by atoms with E-state index >= 15 is 0 Å². The number of carbonyl (C=O) groups is 3. The summed E-state index contributed by atoms with van der Waals surface area (Å²) >= 11 is 0. The standard InChI is InChI=1S/C17H24N2O4/c1-11(20)23-10-15(21)19-14(16(18)22)9-12-5-7-13(8-6-12)17(2,3)4/h5-8,14H,9-10H2,1-4H3,(H2,18,22)(H,19,21)/t14-/m1/s1. The summed E-state index contributed by atoms with van der Waals surface area (Å²) in [7, 11) is 0. The summed E-state index contributed by atoms with van der Waals surface area (Å²) in [6.45, 7) is 7.12. The molecule has 126 valence electrons. The van der Waals surface area contributed by atoms with Gasteiger partial charge in [0, 0.05) is 13.3 Å². The Morgan fingerprint density at radius 1 is 1.17 bits per heavy atom. The normalized spacial score (nSPS) is 12.3. The molecule has 0 spiro atoms. The van der Waals surface area contributed by atoms with Crippen LogP contribution in [0.25, 0.3) is 0 Å². The summed E-state index contributed by atoms with van der Waals surface area (Å²) in [5.41, 5.74) is 7.43. The van der Waals surface area contributed by atoms with Crippen LogP contribution in [0.2, 0.25) is 0 Å². The number of esters is 1. The predicted molar refractivity (Wildman–Crippen MR) is 86.6 cm³/mol. The number of ether oxygens (including phenoxy) is 1. The van der Waals surface area contributed by atoms with Gasteiger partial charge in [0.1, 0.15) is 6.04 Å². The lowest BCUT2D eigenvalue weighted by atomic mass is 9.86. The third-order valence-corrected chi connectivity index (χ3v) is 3.34. The number of carbonyl (C=O) groups excluding carboxylic acids is 3. The molecule has 1 atom stereocenters. The van der Waals surface area contributed by atoms with E-state index in [0.717, 1.165) is 5.56 Å². The zero-order chi connectivity index (χ0) is 17.6. The number of nitrogens with two attached hydrogens (primary N) is 1. The van der Waals surface area contributed by atoms with Crippen LogP contribution >= 0.6 is 0 Å². The molecule has 1 aromatic rings. The van der Waals surface area contributed by atoms with Gasteiger partial charge in [0.05, 0.1) is 0 Å². The first kappa shape index (κ1) is 18.7. The second-order valence-corrected chi connectivity index (χ2v) is 6.45. The number of primary amides is 1. The maximum atomic E-state index is 11.6. The lowest BCUT2D eigenvalue weighted by Crippen LogP contribution is -2.47. The van der Waals surface area contributed by atoms with Crippen LogP contribution in [-0.2, 0) is 31.0 Å². The van der Waals surface area contributed by atoms with Crippen molar-refractivity contribution >= 4 is 17.8 Å². The summed E-state index contributed by atoms with van der Waals surface area (Å²) in [5.74, 6) is -1.76. The molecule has 1 rings (SSSR count). The Balaban J connectivity index is 2.71. The summed E-state index contributed by atoms with van der Waals surface area (Å²) in [6, 6.07) is 6.96. The van der Waals surface area contributed by atoms with Gasteiger partial charge in [-0.15, -0.1) is 0 Å². The van der Waals surface area contributed by atoms with Gasteiger partial charge in [0.25, 0.3) is 5.91 Å². The Labute approximate surface area is 136 Å². The van der Waals surface area contributed by atoms with Crippen LogP contribution in [0.4, 0.5) is 0 Å². The summed E-state index contributed by atoms with van der Waals surface area (Å²) in [6.07, 6.45) is 0.283. The minimum absolute atomic E-state index is 0.0415. The Morgan fingerprint density at radius 3 is 2.17 bits per heavy atom. The SMILES string of the molecule is CC(=O)OCC(=O)N[C@H](Cc1ccc(C(C)(C)C)cc1)C(N)=O. The zero-order valence-electron chi connectivity index (χ0n) is 14.0. The molecule has 6 nitrogen and oxygen atoms in total. The number of rotatable bonds is 6. The third kappa shape index (κ3) is 6.50. The fourth-order valence-electron chi connectivity index (χ4n) is 2.00. The molecule has 0 aliphatic rings. The van der Waals surface area contributed by atoms with E-state index < -0.39 is 30.4 Å². The number of hydrogen-bond acceptors (Lipinski definition) is 4. The average Bonchev–Trinajstić information content (AvgIpc) is 2.44. The van der Waals surface area contributed by atoms with Gasteiger partial charge in [0.2, 0.25) is 5.91 Å². The van der Waals surface area contributed by atoms with Gasteiger partial charge in [-0.25, -0.2) is 0 Å². The van der Waals surface area contributed by atoms with Crippen LogP contribution in [0.5, 0.6) is 0 Å². The number of benzene rings is 1. The van der Waals surface area contributed by atoms with Crippen molar-refractivity contribution in [1.29, 1.82) is 0 Å². The second-order valence-electron chi connectivity index (χ2n) is 6.45. The average molecular weight is 320 g/mol. The molecule has 0 aliphatic heterocycles. The minimum atomic E-state index is -0.849. The molecule has 0 unspecified atom stereocenters. The van der Waals surface area contributed by atoms with E-state index in [-0.39, 0.29) is 11.8 Å². The Morgan fingerprint density at radius 2 is 1.74 bits per heavy atom. The molecule has 0 saturated heterocycles. The molecule has 0 heterocycles. The number of hydrogen-bond donors (Lipinski definition) is 2. The van der Waals surface area contributed by atoms with Gasteiger partial charge in [-0.3, -0.25) is 14.4 Å². The largest absolute Gasteiger partial charge is 0.456 e. The maximum absolute atomic E-state index is 11.6. The topological polar surface area (TPSA) is 98.5 Å². The molecule has 0 radical (unpaired) electrons.